The number of rotatable bonds is 10. The van der Waals surface area contributed by atoms with E-state index in [-0.39, 0.29) is 17.2 Å². The highest BCUT2D eigenvalue weighted by Crippen LogP contribution is 2.36. The Bertz CT molecular complexity index is 1090. The molecule has 3 aromatic rings. The molecule has 188 valence electrons. The number of nitrogens with one attached hydrogen (secondary N) is 2. The average Bonchev–Trinajstić information content (AvgIpc) is 2.79. The largest absolute Gasteiger partial charge is 0.494 e. The van der Waals surface area contributed by atoms with E-state index in [1.807, 2.05) is 51.1 Å². The molecular weight excluding hydrogens is 453 g/mol. The normalized spacial score (nSPS) is 11.9. The summed E-state index contributed by atoms with van der Waals surface area (Å²) in [7, 11) is 0. The van der Waals surface area contributed by atoms with E-state index in [0.29, 0.717) is 18.0 Å². The fourth-order valence-electron chi connectivity index (χ4n) is 3.43. The molecule has 0 saturated carbocycles. The highest BCUT2D eigenvalue weighted by atomic mass is 19.4. The van der Waals surface area contributed by atoms with E-state index in [1.54, 1.807) is 18.2 Å². The lowest BCUT2D eigenvalue weighted by molar-refractivity contribution is -0.137. The van der Waals surface area contributed by atoms with Gasteiger partial charge in [-0.1, -0.05) is 59.1 Å². The highest BCUT2D eigenvalue weighted by molar-refractivity contribution is 5.63. The molecule has 3 rings (SSSR count). The van der Waals surface area contributed by atoms with Gasteiger partial charge in [0.05, 0.1) is 6.61 Å². The van der Waals surface area contributed by atoms with Gasteiger partial charge in [0.1, 0.15) is 17.1 Å². The first kappa shape index (κ1) is 26.3. The van der Waals surface area contributed by atoms with E-state index in [9.17, 15) is 13.2 Å². The first-order valence-corrected chi connectivity index (χ1v) is 11.9. The molecule has 0 atom stereocenters. The summed E-state index contributed by atoms with van der Waals surface area (Å²) in [4.78, 5) is 8.02. The van der Waals surface area contributed by atoms with E-state index in [0.717, 1.165) is 30.4 Å². The Labute approximate surface area is 205 Å². The van der Waals surface area contributed by atoms with Crippen LogP contribution in [-0.2, 0) is 11.6 Å². The summed E-state index contributed by atoms with van der Waals surface area (Å²) in [6.07, 6.45) is 0.697. The minimum absolute atomic E-state index is 0.0562. The summed E-state index contributed by atoms with van der Waals surface area (Å²) >= 11 is 0. The third kappa shape index (κ3) is 7.87. The molecule has 0 bridgehead atoms. The Morgan fingerprint density at radius 2 is 1.63 bits per heavy atom. The van der Waals surface area contributed by atoms with Crippen LogP contribution in [0, 0.1) is 0 Å². The van der Waals surface area contributed by atoms with Crippen LogP contribution in [0.3, 0.4) is 0 Å². The average molecular weight is 487 g/mol. The zero-order valence-corrected chi connectivity index (χ0v) is 20.7. The number of hydrogen-bond acceptors (Lipinski definition) is 5. The van der Waals surface area contributed by atoms with Gasteiger partial charge in [-0.3, -0.25) is 0 Å². The Morgan fingerprint density at radius 1 is 0.886 bits per heavy atom. The summed E-state index contributed by atoms with van der Waals surface area (Å²) in [5.41, 5.74) is 1.08. The van der Waals surface area contributed by atoms with Crippen molar-refractivity contribution in [1.29, 1.82) is 0 Å². The van der Waals surface area contributed by atoms with Crippen LogP contribution in [0.25, 0.3) is 0 Å². The standard InChI is InChI=1S/C27H33F3N4O/c1-5-6-7-8-16-35-22-14-12-20(13-15-22)33-25-31-18-23(27(28,29)30)24(34-25)32-21-11-9-10-19(17-21)26(2,3)4/h9-15,17-18H,5-8,16H2,1-4H3,(H2,31,32,33,34). The Kier molecular flexibility index (Phi) is 8.59. The summed E-state index contributed by atoms with van der Waals surface area (Å²) in [6, 6.07) is 14.5. The van der Waals surface area contributed by atoms with Crippen molar-refractivity contribution in [2.24, 2.45) is 0 Å². The monoisotopic (exact) mass is 486 g/mol. The van der Waals surface area contributed by atoms with Crippen LogP contribution in [0.15, 0.2) is 54.7 Å². The van der Waals surface area contributed by atoms with E-state index in [4.69, 9.17) is 4.74 Å². The minimum atomic E-state index is -4.60. The number of hydrogen-bond donors (Lipinski definition) is 2. The molecule has 0 spiro atoms. The molecule has 0 radical (unpaired) electrons. The van der Waals surface area contributed by atoms with Crippen LogP contribution in [-0.4, -0.2) is 16.6 Å². The third-order valence-corrected chi connectivity index (χ3v) is 5.46. The van der Waals surface area contributed by atoms with Gasteiger partial charge in [-0.2, -0.15) is 18.2 Å². The Balaban J connectivity index is 1.75. The summed E-state index contributed by atoms with van der Waals surface area (Å²) in [6.45, 7) is 8.95. The number of halogens is 3. The van der Waals surface area contributed by atoms with E-state index in [2.05, 4.69) is 27.5 Å². The van der Waals surface area contributed by atoms with Crippen LogP contribution in [0.5, 0.6) is 5.75 Å². The fourth-order valence-corrected chi connectivity index (χ4v) is 3.43. The van der Waals surface area contributed by atoms with E-state index >= 15 is 0 Å². The maximum Gasteiger partial charge on any atom is 0.421 e. The second-order valence-corrected chi connectivity index (χ2v) is 9.47. The smallest absolute Gasteiger partial charge is 0.421 e. The van der Waals surface area contributed by atoms with Crippen LogP contribution in [0.1, 0.15) is 64.5 Å². The zero-order chi connectivity index (χ0) is 25.5. The molecule has 35 heavy (non-hydrogen) atoms. The van der Waals surface area contributed by atoms with Crippen molar-refractivity contribution in [3.63, 3.8) is 0 Å². The maximum absolute atomic E-state index is 13.6. The van der Waals surface area contributed by atoms with Crippen LogP contribution >= 0.6 is 0 Å². The second-order valence-electron chi connectivity index (χ2n) is 9.47. The van der Waals surface area contributed by atoms with Gasteiger partial charge in [-0.15, -0.1) is 0 Å². The Morgan fingerprint density at radius 3 is 2.29 bits per heavy atom. The van der Waals surface area contributed by atoms with Gasteiger partial charge in [-0.25, -0.2) is 4.98 Å². The quantitative estimate of drug-likeness (QED) is 0.283. The summed E-state index contributed by atoms with van der Waals surface area (Å²) < 4.78 is 46.7. The molecule has 0 aliphatic rings. The lowest BCUT2D eigenvalue weighted by Crippen LogP contribution is -2.14. The first-order chi connectivity index (χ1) is 16.6. The van der Waals surface area contributed by atoms with Crippen molar-refractivity contribution in [2.75, 3.05) is 17.2 Å². The summed E-state index contributed by atoms with van der Waals surface area (Å²) in [5.74, 6) is 0.482. The lowest BCUT2D eigenvalue weighted by atomic mass is 9.87. The van der Waals surface area contributed by atoms with Crippen LogP contribution < -0.4 is 15.4 Å². The van der Waals surface area contributed by atoms with Crippen molar-refractivity contribution < 1.29 is 17.9 Å². The lowest BCUT2D eigenvalue weighted by Gasteiger charge is -2.20. The van der Waals surface area contributed by atoms with Crippen molar-refractivity contribution >= 4 is 23.1 Å². The van der Waals surface area contributed by atoms with Gasteiger partial charge in [0, 0.05) is 17.6 Å². The van der Waals surface area contributed by atoms with Crippen molar-refractivity contribution in [2.45, 2.75) is 65.0 Å². The molecule has 2 N–H and O–H groups in total. The van der Waals surface area contributed by atoms with Gasteiger partial charge >= 0.3 is 6.18 Å². The molecule has 0 amide bonds. The van der Waals surface area contributed by atoms with Gasteiger partial charge in [-0.05, 0) is 53.8 Å². The molecule has 0 aliphatic heterocycles. The number of alkyl halides is 3. The van der Waals surface area contributed by atoms with Crippen molar-refractivity contribution in [3.8, 4) is 5.75 Å². The number of ether oxygens (including phenoxy) is 1. The molecule has 1 aromatic heterocycles. The molecule has 0 fully saturated rings. The van der Waals surface area contributed by atoms with Crippen LogP contribution in [0.4, 0.5) is 36.3 Å². The molecule has 1 heterocycles. The molecule has 5 nitrogen and oxygen atoms in total. The molecule has 0 unspecified atom stereocenters. The predicted octanol–water partition coefficient (Wildman–Crippen LogP) is 8.24. The topological polar surface area (TPSA) is 59.1 Å². The number of anilines is 4. The molecule has 0 aliphatic carbocycles. The summed E-state index contributed by atoms with van der Waals surface area (Å²) in [5, 5.41) is 5.80. The zero-order valence-electron chi connectivity index (χ0n) is 20.7. The second kappa shape index (κ2) is 11.4. The van der Waals surface area contributed by atoms with Crippen molar-refractivity contribution in [3.05, 3.63) is 65.9 Å². The molecule has 2 aromatic carbocycles. The van der Waals surface area contributed by atoms with E-state index in [1.165, 1.54) is 12.8 Å². The van der Waals surface area contributed by atoms with Crippen LogP contribution in [0.2, 0.25) is 0 Å². The minimum Gasteiger partial charge on any atom is -0.494 e. The molecule has 0 saturated heterocycles. The highest BCUT2D eigenvalue weighted by Gasteiger charge is 2.35. The predicted molar refractivity (Wildman–Crippen MR) is 135 cm³/mol. The Hall–Kier alpha value is -3.29. The first-order valence-electron chi connectivity index (χ1n) is 11.9. The number of unbranched alkanes of at least 4 members (excludes halogenated alkanes) is 3. The molecule has 8 heteroatoms. The fraction of sp³-hybridized carbons (Fsp3) is 0.407. The van der Waals surface area contributed by atoms with Gasteiger partial charge in [0.25, 0.3) is 0 Å². The van der Waals surface area contributed by atoms with Gasteiger partial charge in [0.15, 0.2) is 0 Å². The van der Waals surface area contributed by atoms with Gasteiger partial charge < -0.3 is 15.4 Å². The third-order valence-electron chi connectivity index (χ3n) is 5.46. The van der Waals surface area contributed by atoms with E-state index < -0.39 is 11.7 Å². The SMILES string of the molecule is CCCCCCOc1ccc(Nc2ncc(C(F)(F)F)c(Nc3cccc(C(C)(C)C)c3)n2)cc1. The van der Waals surface area contributed by atoms with Crippen molar-refractivity contribution in [1.82, 2.24) is 9.97 Å². The van der Waals surface area contributed by atoms with Gasteiger partial charge in [0.2, 0.25) is 5.95 Å². The number of aromatic nitrogens is 2. The molecular formula is C27H33F3N4O. The number of benzene rings is 2. The maximum atomic E-state index is 13.6. The number of nitrogens with zero attached hydrogens (tertiary/aromatic N) is 2.